The van der Waals surface area contributed by atoms with Crippen LogP contribution in [0.15, 0.2) is 97.1 Å². The molecule has 0 aliphatic heterocycles. The molecule has 0 radical (unpaired) electrons. The van der Waals surface area contributed by atoms with Crippen LogP contribution in [-0.2, 0) is 0 Å². The standard InChI is InChI=1S/C28H24N6O/c1-19-16-27(34(33-19)24-14-7-4-8-15-24)32-28(35)22-12-9-13-23(17-22)31-26-18-25(29-20(2)30-26)21-10-5-3-6-11-21/h3-18H,1-2H3,(H,32,35)(H,29,30,31). The van der Waals surface area contributed by atoms with Crippen LogP contribution >= 0.6 is 0 Å². The first kappa shape index (κ1) is 22.0. The molecule has 1 amide bonds. The van der Waals surface area contributed by atoms with E-state index in [1.807, 2.05) is 98.8 Å². The van der Waals surface area contributed by atoms with Crippen LogP contribution in [0.4, 0.5) is 17.3 Å². The lowest BCUT2D eigenvalue weighted by atomic mass is 10.1. The number of benzene rings is 3. The molecule has 0 saturated heterocycles. The first-order valence-electron chi connectivity index (χ1n) is 11.3. The summed E-state index contributed by atoms with van der Waals surface area (Å²) in [5.41, 5.74) is 4.80. The number of aryl methyl sites for hydroxylation is 2. The van der Waals surface area contributed by atoms with Gasteiger partial charge in [0.2, 0.25) is 0 Å². The van der Waals surface area contributed by atoms with Gasteiger partial charge in [0.15, 0.2) is 0 Å². The van der Waals surface area contributed by atoms with Crippen LogP contribution in [0.25, 0.3) is 16.9 Å². The van der Waals surface area contributed by atoms with E-state index in [1.165, 1.54) is 0 Å². The molecule has 7 heteroatoms. The van der Waals surface area contributed by atoms with E-state index in [0.717, 1.165) is 28.3 Å². The molecule has 2 N–H and O–H groups in total. The van der Waals surface area contributed by atoms with Crippen molar-refractivity contribution in [3.05, 3.63) is 114 Å². The quantitative estimate of drug-likeness (QED) is 0.327. The minimum absolute atomic E-state index is 0.227. The second-order valence-electron chi connectivity index (χ2n) is 8.13. The summed E-state index contributed by atoms with van der Waals surface area (Å²) in [4.78, 5) is 22.2. The minimum atomic E-state index is -0.227. The van der Waals surface area contributed by atoms with Gasteiger partial charge in [-0.25, -0.2) is 14.6 Å². The Hall–Kier alpha value is -4.78. The van der Waals surface area contributed by atoms with Gasteiger partial charge in [-0.2, -0.15) is 5.10 Å². The number of amides is 1. The van der Waals surface area contributed by atoms with Crippen LogP contribution in [0.5, 0.6) is 0 Å². The van der Waals surface area contributed by atoms with Gasteiger partial charge in [-0.3, -0.25) is 4.79 Å². The maximum atomic E-state index is 13.1. The molecule has 2 aromatic heterocycles. The zero-order valence-corrected chi connectivity index (χ0v) is 19.4. The van der Waals surface area contributed by atoms with E-state index >= 15 is 0 Å². The normalized spacial score (nSPS) is 10.7. The topological polar surface area (TPSA) is 84.7 Å². The van der Waals surface area contributed by atoms with Crippen LogP contribution < -0.4 is 10.6 Å². The maximum Gasteiger partial charge on any atom is 0.256 e. The highest BCUT2D eigenvalue weighted by Gasteiger charge is 2.13. The lowest BCUT2D eigenvalue weighted by Crippen LogP contribution is -2.15. The van der Waals surface area contributed by atoms with Gasteiger partial charge < -0.3 is 10.6 Å². The van der Waals surface area contributed by atoms with E-state index in [-0.39, 0.29) is 5.91 Å². The Bertz CT molecular complexity index is 1480. The minimum Gasteiger partial charge on any atom is -0.340 e. The van der Waals surface area contributed by atoms with Crippen molar-refractivity contribution in [3.8, 4) is 16.9 Å². The average molecular weight is 461 g/mol. The number of rotatable bonds is 6. The number of hydrogen-bond acceptors (Lipinski definition) is 5. The number of para-hydroxylation sites is 1. The number of carbonyl (C=O) groups is 1. The second kappa shape index (κ2) is 9.61. The predicted octanol–water partition coefficient (Wildman–Crippen LogP) is 5.94. The van der Waals surface area contributed by atoms with Crippen molar-refractivity contribution in [3.63, 3.8) is 0 Å². The van der Waals surface area contributed by atoms with E-state index in [9.17, 15) is 4.79 Å². The molecular formula is C28H24N6O. The van der Waals surface area contributed by atoms with Crippen molar-refractivity contribution < 1.29 is 4.79 Å². The molecule has 0 aliphatic carbocycles. The molecule has 0 bridgehead atoms. The Kier molecular flexibility index (Phi) is 6.05. The highest BCUT2D eigenvalue weighted by molar-refractivity contribution is 6.04. The molecular weight excluding hydrogens is 436 g/mol. The molecule has 5 aromatic rings. The molecule has 7 nitrogen and oxygen atoms in total. The molecule has 172 valence electrons. The van der Waals surface area contributed by atoms with Crippen LogP contribution in [0.2, 0.25) is 0 Å². The van der Waals surface area contributed by atoms with E-state index in [1.54, 1.807) is 16.8 Å². The fourth-order valence-corrected chi connectivity index (χ4v) is 3.82. The van der Waals surface area contributed by atoms with Crippen LogP contribution in [0.1, 0.15) is 21.9 Å². The molecule has 0 aliphatic rings. The number of aromatic nitrogens is 4. The summed E-state index contributed by atoms with van der Waals surface area (Å²) < 4.78 is 1.73. The van der Waals surface area contributed by atoms with Crippen molar-refractivity contribution in [2.75, 3.05) is 10.6 Å². The molecule has 0 fully saturated rings. The highest BCUT2D eigenvalue weighted by atomic mass is 16.1. The zero-order chi connectivity index (χ0) is 24.2. The predicted molar refractivity (Wildman–Crippen MR) is 138 cm³/mol. The smallest absolute Gasteiger partial charge is 0.256 e. The Morgan fingerprint density at radius 2 is 1.54 bits per heavy atom. The van der Waals surface area contributed by atoms with E-state index in [4.69, 9.17) is 0 Å². The zero-order valence-electron chi connectivity index (χ0n) is 19.4. The van der Waals surface area contributed by atoms with E-state index in [0.29, 0.717) is 23.0 Å². The fraction of sp³-hybridized carbons (Fsp3) is 0.0714. The van der Waals surface area contributed by atoms with Crippen molar-refractivity contribution in [1.29, 1.82) is 0 Å². The van der Waals surface area contributed by atoms with Crippen molar-refractivity contribution in [2.24, 2.45) is 0 Å². The highest BCUT2D eigenvalue weighted by Crippen LogP contribution is 2.23. The Morgan fingerprint density at radius 1 is 0.800 bits per heavy atom. The Labute approximate surface area is 203 Å². The summed E-state index contributed by atoms with van der Waals surface area (Å²) in [6.45, 7) is 3.76. The van der Waals surface area contributed by atoms with Gasteiger partial charge in [0.1, 0.15) is 17.5 Å². The molecule has 3 aromatic carbocycles. The number of nitrogens with one attached hydrogen (secondary N) is 2. The van der Waals surface area contributed by atoms with Gasteiger partial charge in [-0.15, -0.1) is 0 Å². The molecule has 2 heterocycles. The molecule has 5 rings (SSSR count). The van der Waals surface area contributed by atoms with Crippen LogP contribution in [-0.4, -0.2) is 25.7 Å². The lowest BCUT2D eigenvalue weighted by molar-refractivity contribution is 0.102. The first-order valence-corrected chi connectivity index (χ1v) is 11.3. The maximum absolute atomic E-state index is 13.1. The fourth-order valence-electron chi connectivity index (χ4n) is 3.82. The van der Waals surface area contributed by atoms with Gasteiger partial charge in [-0.1, -0.05) is 54.6 Å². The third kappa shape index (κ3) is 5.09. The average Bonchev–Trinajstić information content (AvgIpc) is 3.24. The van der Waals surface area contributed by atoms with Gasteiger partial charge >= 0.3 is 0 Å². The van der Waals surface area contributed by atoms with Crippen molar-refractivity contribution in [1.82, 2.24) is 19.7 Å². The number of anilines is 3. The second-order valence-corrected chi connectivity index (χ2v) is 8.13. The summed E-state index contributed by atoms with van der Waals surface area (Å²) in [7, 11) is 0. The number of carbonyl (C=O) groups excluding carboxylic acids is 1. The summed E-state index contributed by atoms with van der Waals surface area (Å²) in [5.74, 6) is 1.70. The van der Waals surface area contributed by atoms with Gasteiger partial charge in [0.25, 0.3) is 5.91 Å². The van der Waals surface area contributed by atoms with Crippen molar-refractivity contribution in [2.45, 2.75) is 13.8 Å². The SMILES string of the molecule is Cc1cc(NC(=O)c2cccc(Nc3cc(-c4ccccc4)nc(C)n3)c2)n(-c2ccccc2)n1. The summed E-state index contributed by atoms with van der Waals surface area (Å²) in [6.07, 6.45) is 0. The summed E-state index contributed by atoms with van der Waals surface area (Å²) in [5, 5.41) is 10.8. The molecule has 0 spiro atoms. The molecule has 0 atom stereocenters. The monoisotopic (exact) mass is 460 g/mol. The first-order chi connectivity index (χ1) is 17.0. The molecule has 35 heavy (non-hydrogen) atoms. The van der Waals surface area contributed by atoms with E-state index < -0.39 is 0 Å². The van der Waals surface area contributed by atoms with Crippen LogP contribution in [0.3, 0.4) is 0 Å². The molecule has 0 saturated carbocycles. The molecule has 0 unspecified atom stereocenters. The summed E-state index contributed by atoms with van der Waals surface area (Å²) >= 11 is 0. The Balaban J connectivity index is 1.37. The van der Waals surface area contributed by atoms with Crippen LogP contribution in [0, 0.1) is 13.8 Å². The summed E-state index contributed by atoms with van der Waals surface area (Å²) in [6, 6.07) is 30.7. The van der Waals surface area contributed by atoms with Gasteiger partial charge in [0.05, 0.1) is 17.1 Å². The van der Waals surface area contributed by atoms with E-state index in [2.05, 4.69) is 25.7 Å². The number of nitrogens with zero attached hydrogens (tertiary/aromatic N) is 4. The van der Waals surface area contributed by atoms with Crippen molar-refractivity contribution >= 4 is 23.2 Å². The third-order valence-corrected chi connectivity index (χ3v) is 5.38. The van der Waals surface area contributed by atoms with Gasteiger partial charge in [0, 0.05) is 28.9 Å². The Morgan fingerprint density at radius 3 is 2.31 bits per heavy atom. The van der Waals surface area contributed by atoms with Gasteiger partial charge in [-0.05, 0) is 44.2 Å². The number of hydrogen-bond donors (Lipinski definition) is 2. The lowest BCUT2D eigenvalue weighted by Gasteiger charge is -2.11. The largest absolute Gasteiger partial charge is 0.340 e. The third-order valence-electron chi connectivity index (χ3n) is 5.38.